The van der Waals surface area contributed by atoms with Crippen LogP contribution in [0.2, 0.25) is 0 Å². The smallest absolute Gasteiger partial charge is 0.0470 e. The standard InChI is InChI=1S/C15H24N2/c1-2-5-13-6-8-14(9-7-13)15(12-16)17-10-3-4-11-17/h6-9,15H,2-5,10-12,16H2,1H3. The predicted octanol–water partition coefficient (Wildman–Crippen LogP) is 2.73. The van der Waals surface area contributed by atoms with E-state index in [-0.39, 0.29) is 0 Å². The molecule has 0 spiro atoms. The van der Waals surface area contributed by atoms with Crippen LogP contribution < -0.4 is 5.73 Å². The van der Waals surface area contributed by atoms with Crippen molar-refractivity contribution >= 4 is 0 Å². The third kappa shape index (κ3) is 3.08. The van der Waals surface area contributed by atoms with Crippen LogP contribution in [0.25, 0.3) is 0 Å². The second kappa shape index (κ2) is 6.18. The number of likely N-dealkylation sites (tertiary alicyclic amines) is 1. The Morgan fingerprint density at radius 2 is 1.82 bits per heavy atom. The van der Waals surface area contributed by atoms with Crippen LogP contribution in [-0.4, -0.2) is 24.5 Å². The Hall–Kier alpha value is -0.860. The Bertz CT molecular complexity index is 325. The minimum Gasteiger partial charge on any atom is -0.329 e. The third-order valence-electron chi connectivity index (χ3n) is 3.71. The summed E-state index contributed by atoms with van der Waals surface area (Å²) in [5.74, 6) is 0. The first-order chi connectivity index (χ1) is 8.35. The van der Waals surface area contributed by atoms with Crippen molar-refractivity contribution in [2.75, 3.05) is 19.6 Å². The van der Waals surface area contributed by atoms with Crippen molar-refractivity contribution in [2.24, 2.45) is 5.73 Å². The van der Waals surface area contributed by atoms with E-state index in [0.717, 1.165) is 6.54 Å². The summed E-state index contributed by atoms with van der Waals surface area (Å²) in [5.41, 5.74) is 8.76. The summed E-state index contributed by atoms with van der Waals surface area (Å²) in [4.78, 5) is 2.52. The van der Waals surface area contributed by atoms with Crippen molar-refractivity contribution < 1.29 is 0 Å². The number of rotatable bonds is 5. The minimum absolute atomic E-state index is 0.424. The van der Waals surface area contributed by atoms with Crippen LogP contribution in [0.5, 0.6) is 0 Å². The molecule has 0 bridgehead atoms. The van der Waals surface area contributed by atoms with Crippen molar-refractivity contribution in [3.05, 3.63) is 35.4 Å². The van der Waals surface area contributed by atoms with Crippen LogP contribution in [0.4, 0.5) is 0 Å². The van der Waals surface area contributed by atoms with Crippen LogP contribution in [-0.2, 0) is 6.42 Å². The Kier molecular flexibility index (Phi) is 4.57. The van der Waals surface area contributed by atoms with Crippen molar-refractivity contribution in [3.8, 4) is 0 Å². The maximum Gasteiger partial charge on any atom is 0.0470 e. The fraction of sp³-hybridized carbons (Fsp3) is 0.600. The lowest BCUT2D eigenvalue weighted by atomic mass is 10.0. The van der Waals surface area contributed by atoms with E-state index in [1.807, 2.05) is 0 Å². The van der Waals surface area contributed by atoms with Crippen LogP contribution in [0, 0.1) is 0 Å². The summed E-state index contributed by atoms with van der Waals surface area (Å²) in [6, 6.07) is 9.48. The van der Waals surface area contributed by atoms with E-state index in [4.69, 9.17) is 5.73 Å². The van der Waals surface area contributed by atoms with Gasteiger partial charge in [0.1, 0.15) is 0 Å². The van der Waals surface area contributed by atoms with Gasteiger partial charge in [0.2, 0.25) is 0 Å². The zero-order valence-electron chi connectivity index (χ0n) is 10.9. The molecule has 2 nitrogen and oxygen atoms in total. The molecule has 0 amide bonds. The molecule has 1 saturated heterocycles. The highest BCUT2D eigenvalue weighted by molar-refractivity contribution is 5.25. The van der Waals surface area contributed by atoms with Gasteiger partial charge in [-0.3, -0.25) is 4.90 Å². The number of nitrogens with two attached hydrogens (primary N) is 1. The van der Waals surface area contributed by atoms with E-state index in [1.54, 1.807) is 0 Å². The highest BCUT2D eigenvalue weighted by Gasteiger charge is 2.21. The minimum atomic E-state index is 0.424. The normalized spacial score (nSPS) is 18.5. The lowest BCUT2D eigenvalue weighted by Crippen LogP contribution is -2.31. The monoisotopic (exact) mass is 232 g/mol. The molecule has 2 rings (SSSR count). The lowest BCUT2D eigenvalue weighted by molar-refractivity contribution is 0.251. The van der Waals surface area contributed by atoms with Gasteiger partial charge in [-0.25, -0.2) is 0 Å². The first kappa shape index (κ1) is 12.6. The average Bonchev–Trinajstić information content (AvgIpc) is 2.86. The topological polar surface area (TPSA) is 29.3 Å². The first-order valence-corrected chi connectivity index (χ1v) is 6.88. The second-order valence-electron chi connectivity index (χ2n) is 4.99. The van der Waals surface area contributed by atoms with Gasteiger partial charge in [-0.1, -0.05) is 37.6 Å². The molecule has 2 heteroatoms. The highest BCUT2D eigenvalue weighted by atomic mass is 15.2. The first-order valence-electron chi connectivity index (χ1n) is 6.88. The van der Waals surface area contributed by atoms with Gasteiger partial charge in [0.15, 0.2) is 0 Å². The Morgan fingerprint density at radius 1 is 1.18 bits per heavy atom. The molecule has 1 unspecified atom stereocenters. The fourth-order valence-corrected chi connectivity index (χ4v) is 2.74. The molecule has 94 valence electrons. The molecule has 0 aliphatic carbocycles. The van der Waals surface area contributed by atoms with E-state index >= 15 is 0 Å². The molecule has 1 atom stereocenters. The predicted molar refractivity (Wildman–Crippen MR) is 73.0 cm³/mol. The quantitative estimate of drug-likeness (QED) is 0.846. The number of benzene rings is 1. The molecule has 1 aliphatic heterocycles. The van der Waals surface area contributed by atoms with Crippen LogP contribution >= 0.6 is 0 Å². The molecule has 0 saturated carbocycles. The van der Waals surface area contributed by atoms with Crippen LogP contribution in [0.15, 0.2) is 24.3 Å². The zero-order chi connectivity index (χ0) is 12.1. The van der Waals surface area contributed by atoms with Gasteiger partial charge >= 0.3 is 0 Å². The summed E-state index contributed by atoms with van der Waals surface area (Å²) in [7, 11) is 0. The number of aryl methyl sites for hydroxylation is 1. The van der Waals surface area contributed by atoms with Gasteiger partial charge in [-0.2, -0.15) is 0 Å². The van der Waals surface area contributed by atoms with Crippen molar-refractivity contribution in [2.45, 2.75) is 38.6 Å². The second-order valence-corrected chi connectivity index (χ2v) is 4.99. The number of hydrogen-bond acceptors (Lipinski definition) is 2. The van der Waals surface area contributed by atoms with E-state index in [1.165, 1.54) is 49.9 Å². The molecule has 17 heavy (non-hydrogen) atoms. The molecular formula is C15H24N2. The zero-order valence-corrected chi connectivity index (χ0v) is 10.9. The Balaban J connectivity index is 2.07. The molecule has 1 heterocycles. The molecule has 0 radical (unpaired) electrons. The molecule has 1 fully saturated rings. The van der Waals surface area contributed by atoms with Crippen molar-refractivity contribution in [1.82, 2.24) is 4.90 Å². The SMILES string of the molecule is CCCc1ccc(C(CN)N2CCCC2)cc1. The van der Waals surface area contributed by atoms with Crippen LogP contribution in [0.1, 0.15) is 43.4 Å². The average molecular weight is 232 g/mol. The van der Waals surface area contributed by atoms with E-state index in [0.29, 0.717) is 6.04 Å². The Labute approximate surface area is 105 Å². The van der Waals surface area contributed by atoms with E-state index in [2.05, 4.69) is 36.1 Å². The maximum atomic E-state index is 5.94. The van der Waals surface area contributed by atoms with E-state index in [9.17, 15) is 0 Å². The molecule has 1 aliphatic rings. The molecule has 2 N–H and O–H groups in total. The van der Waals surface area contributed by atoms with Gasteiger partial charge in [-0.15, -0.1) is 0 Å². The van der Waals surface area contributed by atoms with Crippen molar-refractivity contribution in [3.63, 3.8) is 0 Å². The summed E-state index contributed by atoms with van der Waals surface area (Å²) < 4.78 is 0. The number of nitrogens with zero attached hydrogens (tertiary/aromatic N) is 1. The van der Waals surface area contributed by atoms with Gasteiger partial charge in [0.25, 0.3) is 0 Å². The molecule has 1 aromatic carbocycles. The van der Waals surface area contributed by atoms with Crippen LogP contribution in [0.3, 0.4) is 0 Å². The van der Waals surface area contributed by atoms with Gasteiger partial charge in [0, 0.05) is 12.6 Å². The molecule has 1 aromatic rings. The van der Waals surface area contributed by atoms with Gasteiger partial charge in [-0.05, 0) is 43.5 Å². The van der Waals surface area contributed by atoms with Crippen molar-refractivity contribution in [1.29, 1.82) is 0 Å². The number of hydrogen-bond donors (Lipinski definition) is 1. The summed E-state index contributed by atoms with van der Waals surface area (Å²) in [6.45, 7) is 5.37. The molecule has 0 aromatic heterocycles. The summed E-state index contributed by atoms with van der Waals surface area (Å²) >= 11 is 0. The van der Waals surface area contributed by atoms with Gasteiger partial charge in [0.05, 0.1) is 0 Å². The lowest BCUT2D eigenvalue weighted by Gasteiger charge is -2.26. The highest BCUT2D eigenvalue weighted by Crippen LogP contribution is 2.24. The summed E-state index contributed by atoms with van der Waals surface area (Å²) in [6.07, 6.45) is 5.04. The Morgan fingerprint density at radius 3 is 2.35 bits per heavy atom. The fourth-order valence-electron chi connectivity index (χ4n) is 2.74. The summed E-state index contributed by atoms with van der Waals surface area (Å²) in [5, 5.41) is 0. The van der Waals surface area contributed by atoms with E-state index < -0.39 is 0 Å². The third-order valence-corrected chi connectivity index (χ3v) is 3.71. The molecular weight excluding hydrogens is 208 g/mol. The van der Waals surface area contributed by atoms with Gasteiger partial charge < -0.3 is 5.73 Å². The maximum absolute atomic E-state index is 5.94. The largest absolute Gasteiger partial charge is 0.329 e.